The summed E-state index contributed by atoms with van der Waals surface area (Å²) < 4.78 is 72.9. The summed E-state index contributed by atoms with van der Waals surface area (Å²) in [6.07, 6.45) is -1.95. The molecule has 1 aliphatic heterocycles. The number of aromatic hydroxyl groups is 1. The van der Waals surface area contributed by atoms with Crippen molar-refractivity contribution in [2.45, 2.75) is 31.5 Å². The Kier molecular flexibility index (Phi) is 4.45. The first-order valence-electron chi connectivity index (χ1n) is 8.65. The second-order valence-electron chi connectivity index (χ2n) is 6.88. The first-order valence-corrected chi connectivity index (χ1v) is 8.65. The van der Waals surface area contributed by atoms with Crippen molar-refractivity contribution in [2.75, 3.05) is 13.2 Å². The smallest absolute Gasteiger partial charge is 0.416 e. The standard InChI is InChI=1S/C18H15F5N4O2/c1-9-4-10(18(21,22)23)5-13(28)15(9)11-6-24-12-7-27(26-16(12)25-11)14-2-3-29-8-17(14,19)20/h4-7,14,28H,2-3,8H2,1H3. The quantitative estimate of drug-likeness (QED) is 0.639. The molecule has 1 unspecified atom stereocenters. The molecule has 1 atom stereocenters. The van der Waals surface area contributed by atoms with Gasteiger partial charge in [-0.05, 0) is 31.0 Å². The van der Waals surface area contributed by atoms with E-state index in [1.54, 1.807) is 0 Å². The molecule has 3 aromatic rings. The number of fused-ring (bicyclic) bond motifs is 1. The van der Waals surface area contributed by atoms with E-state index in [9.17, 15) is 27.1 Å². The highest BCUT2D eigenvalue weighted by atomic mass is 19.4. The Morgan fingerprint density at radius 3 is 2.69 bits per heavy atom. The van der Waals surface area contributed by atoms with Gasteiger partial charge in [0, 0.05) is 12.2 Å². The predicted molar refractivity (Wildman–Crippen MR) is 91.6 cm³/mol. The van der Waals surface area contributed by atoms with Crippen molar-refractivity contribution in [1.29, 1.82) is 0 Å². The molecule has 0 radical (unpaired) electrons. The van der Waals surface area contributed by atoms with Crippen molar-refractivity contribution in [3.05, 3.63) is 35.7 Å². The number of halogens is 5. The summed E-state index contributed by atoms with van der Waals surface area (Å²) in [7, 11) is 0. The first kappa shape index (κ1) is 19.5. The maximum Gasteiger partial charge on any atom is 0.416 e. The number of nitrogens with zero attached hydrogens (tertiary/aromatic N) is 4. The van der Waals surface area contributed by atoms with Crippen LogP contribution in [0.25, 0.3) is 22.4 Å². The number of hydrogen-bond acceptors (Lipinski definition) is 5. The minimum Gasteiger partial charge on any atom is -0.507 e. The Balaban J connectivity index is 1.75. The van der Waals surface area contributed by atoms with E-state index in [2.05, 4.69) is 15.1 Å². The summed E-state index contributed by atoms with van der Waals surface area (Å²) in [6, 6.07) is 0.286. The van der Waals surface area contributed by atoms with Crippen LogP contribution in [0.4, 0.5) is 22.0 Å². The third-order valence-corrected chi connectivity index (χ3v) is 4.78. The van der Waals surface area contributed by atoms with Crippen LogP contribution in [-0.2, 0) is 10.9 Å². The van der Waals surface area contributed by atoms with Gasteiger partial charge < -0.3 is 9.84 Å². The van der Waals surface area contributed by atoms with Gasteiger partial charge in [0.1, 0.15) is 23.9 Å². The minimum absolute atomic E-state index is 0.0449. The lowest BCUT2D eigenvalue weighted by Gasteiger charge is -2.31. The van der Waals surface area contributed by atoms with Gasteiger partial charge in [0.05, 0.1) is 23.7 Å². The van der Waals surface area contributed by atoms with Crippen LogP contribution in [0.5, 0.6) is 5.75 Å². The van der Waals surface area contributed by atoms with Crippen molar-refractivity contribution in [3.8, 4) is 17.0 Å². The van der Waals surface area contributed by atoms with E-state index in [1.807, 2.05) is 0 Å². The second kappa shape index (κ2) is 6.61. The molecule has 1 saturated heterocycles. The Morgan fingerprint density at radius 2 is 2.03 bits per heavy atom. The van der Waals surface area contributed by atoms with Gasteiger partial charge in [-0.1, -0.05) is 0 Å². The van der Waals surface area contributed by atoms with Gasteiger partial charge in [-0.15, -0.1) is 0 Å². The van der Waals surface area contributed by atoms with Gasteiger partial charge in [0.15, 0.2) is 5.65 Å². The summed E-state index contributed by atoms with van der Waals surface area (Å²) in [4.78, 5) is 8.33. The Labute approximate surface area is 161 Å². The lowest BCUT2D eigenvalue weighted by Crippen LogP contribution is -2.40. The number of phenolic OH excluding ortho intramolecular Hbond substituents is 1. The molecule has 1 fully saturated rings. The topological polar surface area (TPSA) is 73.1 Å². The van der Waals surface area contributed by atoms with Crippen molar-refractivity contribution in [3.63, 3.8) is 0 Å². The fourth-order valence-electron chi connectivity index (χ4n) is 3.40. The van der Waals surface area contributed by atoms with Crippen molar-refractivity contribution in [1.82, 2.24) is 19.7 Å². The number of benzene rings is 1. The van der Waals surface area contributed by atoms with Crippen LogP contribution in [0.15, 0.2) is 24.5 Å². The number of rotatable bonds is 2. The molecule has 3 heterocycles. The lowest BCUT2D eigenvalue weighted by atomic mass is 10.0. The maximum atomic E-state index is 14.1. The third-order valence-electron chi connectivity index (χ3n) is 4.78. The third kappa shape index (κ3) is 3.50. The summed E-state index contributed by atoms with van der Waals surface area (Å²) >= 11 is 0. The molecule has 0 bridgehead atoms. The molecule has 0 aliphatic carbocycles. The molecule has 11 heteroatoms. The summed E-state index contributed by atoms with van der Waals surface area (Å²) in [5, 5.41) is 14.2. The molecule has 154 valence electrons. The van der Waals surface area contributed by atoms with Crippen LogP contribution in [-0.4, -0.2) is 44.0 Å². The number of ether oxygens (including phenoxy) is 1. The fraction of sp³-hybridized carbons (Fsp3) is 0.389. The molecular formula is C18H15F5N4O2. The van der Waals surface area contributed by atoms with E-state index in [-0.39, 0.29) is 41.0 Å². The van der Waals surface area contributed by atoms with Gasteiger partial charge in [-0.3, -0.25) is 4.68 Å². The van der Waals surface area contributed by atoms with E-state index in [0.717, 1.165) is 10.7 Å². The maximum absolute atomic E-state index is 14.1. The van der Waals surface area contributed by atoms with Gasteiger partial charge in [-0.2, -0.15) is 18.3 Å². The van der Waals surface area contributed by atoms with E-state index >= 15 is 0 Å². The Bertz CT molecular complexity index is 1060. The zero-order valence-corrected chi connectivity index (χ0v) is 15.0. The normalized spacial score (nSPS) is 19.6. The molecule has 0 spiro atoms. The van der Waals surface area contributed by atoms with Crippen LogP contribution in [0, 0.1) is 6.92 Å². The zero-order chi connectivity index (χ0) is 21.0. The number of aromatic nitrogens is 4. The van der Waals surface area contributed by atoms with E-state index < -0.39 is 36.1 Å². The fourth-order valence-corrected chi connectivity index (χ4v) is 3.40. The molecule has 0 saturated carbocycles. The molecule has 1 aliphatic rings. The number of phenols is 1. The van der Waals surface area contributed by atoms with E-state index in [0.29, 0.717) is 6.07 Å². The molecule has 1 aromatic carbocycles. The largest absolute Gasteiger partial charge is 0.507 e. The minimum atomic E-state index is -4.61. The van der Waals surface area contributed by atoms with Crippen molar-refractivity contribution >= 4 is 11.2 Å². The highest BCUT2D eigenvalue weighted by Gasteiger charge is 2.44. The Morgan fingerprint density at radius 1 is 1.28 bits per heavy atom. The molecule has 0 amide bonds. The van der Waals surface area contributed by atoms with Crippen LogP contribution < -0.4 is 0 Å². The molecular weight excluding hydrogens is 399 g/mol. The van der Waals surface area contributed by atoms with Gasteiger partial charge in [0.25, 0.3) is 5.92 Å². The molecule has 29 heavy (non-hydrogen) atoms. The summed E-state index contributed by atoms with van der Waals surface area (Å²) in [5.41, 5.74) is -0.398. The molecule has 1 N–H and O–H groups in total. The van der Waals surface area contributed by atoms with Crippen LogP contribution in [0.1, 0.15) is 23.6 Å². The number of alkyl halides is 5. The highest BCUT2D eigenvalue weighted by molar-refractivity contribution is 5.77. The van der Waals surface area contributed by atoms with Crippen LogP contribution in [0.2, 0.25) is 0 Å². The Hall–Kier alpha value is -2.82. The number of aryl methyl sites for hydroxylation is 1. The first-order chi connectivity index (χ1) is 13.6. The average Bonchev–Trinajstić information content (AvgIpc) is 3.02. The van der Waals surface area contributed by atoms with E-state index in [4.69, 9.17) is 4.74 Å². The average molecular weight is 414 g/mol. The predicted octanol–water partition coefficient (Wildman–Crippen LogP) is 4.12. The monoisotopic (exact) mass is 414 g/mol. The van der Waals surface area contributed by atoms with Gasteiger partial charge in [-0.25, -0.2) is 18.7 Å². The van der Waals surface area contributed by atoms with Crippen LogP contribution >= 0.6 is 0 Å². The summed E-state index contributed by atoms with van der Waals surface area (Å²) in [5.74, 6) is -3.72. The van der Waals surface area contributed by atoms with Crippen molar-refractivity contribution < 1.29 is 31.8 Å². The molecule has 6 nitrogen and oxygen atoms in total. The SMILES string of the molecule is Cc1cc(C(F)(F)F)cc(O)c1-c1cnc2cn(C3CCOCC3(F)F)nc2n1. The zero-order valence-electron chi connectivity index (χ0n) is 15.0. The summed E-state index contributed by atoms with van der Waals surface area (Å²) in [6.45, 7) is 0.858. The second-order valence-corrected chi connectivity index (χ2v) is 6.88. The molecule has 2 aromatic heterocycles. The van der Waals surface area contributed by atoms with E-state index in [1.165, 1.54) is 19.3 Å². The lowest BCUT2D eigenvalue weighted by molar-refractivity contribution is -0.150. The number of hydrogen-bond donors (Lipinski definition) is 1. The van der Waals surface area contributed by atoms with Gasteiger partial charge >= 0.3 is 6.18 Å². The highest BCUT2D eigenvalue weighted by Crippen LogP contribution is 2.39. The van der Waals surface area contributed by atoms with Gasteiger partial charge in [0.2, 0.25) is 0 Å². The van der Waals surface area contributed by atoms with Crippen LogP contribution in [0.3, 0.4) is 0 Å². The van der Waals surface area contributed by atoms with Crippen molar-refractivity contribution in [2.24, 2.45) is 0 Å². The molecule has 4 rings (SSSR count).